The van der Waals surface area contributed by atoms with E-state index in [1.165, 1.54) is 19.1 Å². The summed E-state index contributed by atoms with van der Waals surface area (Å²) in [6.07, 6.45) is 0. The van der Waals surface area contributed by atoms with Gasteiger partial charge in [0.15, 0.2) is 0 Å². The number of sulfonamides is 1. The second-order valence-corrected chi connectivity index (χ2v) is 8.29. The van der Waals surface area contributed by atoms with Gasteiger partial charge in [0.2, 0.25) is 15.9 Å². The van der Waals surface area contributed by atoms with Crippen molar-refractivity contribution in [3.8, 4) is 0 Å². The van der Waals surface area contributed by atoms with Crippen LogP contribution in [0.25, 0.3) is 0 Å². The molecule has 1 atom stereocenters. The smallest absolute Gasteiger partial charge is 0.242 e. The van der Waals surface area contributed by atoms with Crippen molar-refractivity contribution in [3.63, 3.8) is 0 Å². The van der Waals surface area contributed by atoms with Crippen molar-refractivity contribution in [1.82, 2.24) is 4.72 Å². The number of aryl methyl sites for hydroxylation is 2. The topological polar surface area (TPSA) is 75.3 Å². The fraction of sp³-hybridized carbons (Fsp3) is 0.235. The van der Waals surface area contributed by atoms with Gasteiger partial charge in [0.1, 0.15) is 0 Å². The summed E-state index contributed by atoms with van der Waals surface area (Å²) in [5, 5.41) is 2.73. The average Bonchev–Trinajstić information content (AvgIpc) is 2.46. The molecule has 0 saturated carbocycles. The number of halogens is 1. The Morgan fingerprint density at radius 2 is 1.58 bits per heavy atom. The van der Waals surface area contributed by atoms with E-state index < -0.39 is 22.0 Å². The van der Waals surface area contributed by atoms with Crippen LogP contribution in [-0.4, -0.2) is 20.4 Å². The first-order chi connectivity index (χ1) is 11.2. The van der Waals surface area contributed by atoms with E-state index >= 15 is 0 Å². The second kappa shape index (κ2) is 7.46. The van der Waals surface area contributed by atoms with E-state index in [1.807, 2.05) is 32.0 Å². The average molecular weight is 411 g/mol. The number of rotatable bonds is 5. The van der Waals surface area contributed by atoms with Crippen molar-refractivity contribution in [1.29, 1.82) is 0 Å². The quantitative estimate of drug-likeness (QED) is 0.792. The molecule has 1 amide bonds. The lowest BCUT2D eigenvalue weighted by Gasteiger charge is -2.15. The van der Waals surface area contributed by atoms with Crippen LogP contribution < -0.4 is 10.0 Å². The number of amides is 1. The van der Waals surface area contributed by atoms with Crippen LogP contribution in [0.2, 0.25) is 0 Å². The van der Waals surface area contributed by atoms with Gasteiger partial charge in [-0.1, -0.05) is 22.0 Å². The lowest BCUT2D eigenvalue weighted by atomic mass is 10.1. The minimum atomic E-state index is -3.76. The molecule has 5 nitrogen and oxygen atoms in total. The normalized spacial score (nSPS) is 12.7. The van der Waals surface area contributed by atoms with Gasteiger partial charge in [-0.25, -0.2) is 8.42 Å². The zero-order valence-electron chi connectivity index (χ0n) is 13.6. The van der Waals surface area contributed by atoms with Crippen molar-refractivity contribution in [2.24, 2.45) is 0 Å². The van der Waals surface area contributed by atoms with Crippen LogP contribution in [-0.2, 0) is 14.8 Å². The predicted octanol–water partition coefficient (Wildman–Crippen LogP) is 3.37. The van der Waals surface area contributed by atoms with Crippen LogP contribution in [0.4, 0.5) is 5.69 Å². The molecule has 128 valence electrons. The molecule has 2 N–H and O–H groups in total. The molecule has 0 fully saturated rings. The third kappa shape index (κ3) is 4.90. The number of nitrogens with one attached hydrogen (secondary N) is 2. The largest absolute Gasteiger partial charge is 0.325 e. The number of benzene rings is 2. The Kier molecular flexibility index (Phi) is 5.79. The minimum Gasteiger partial charge on any atom is -0.325 e. The van der Waals surface area contributed by atoms with Crippen LogP contribution in [0.15, 0.2) is 51.8 Å². The number of hydrogen-bond acceptors (Lipinski definition) is 3. The highest BCUT2D eigenvalue weighted by atomic mass is 79.9. The Hall–Kier alpha value is -1.70. The van der Waals surface area contributed by atoms with E-state index in [1.54, 1.807) is 12.1 Å². The van der Waals surface area contributed by atoms with E-state index in [4.69, 9.17) is 0 Å². The second-order valence-electron chi connectivity index (χ2n) is 5.66. The first-order valence-electron chi connectivity index (χ1n) is 7.34. The minimum absolute atomic E-state index is 0.108. The molecule has 2 aromatic carbocycles. The molecule has 0 aliphatic carbocycles. The molecule has 2 aromatic rings. The van der Waals surface area contributed by atoms with Gasteiger partial charge in [-0.05, 0) is 68.3 Å². The Morgan fingerprint density at radius 1 is 1.04 bits per heavy atom. The first-order valence-corrected chi connectivity index (χ1v) is 9.62. The van der Waals surface area contributed by atoms with E-state index in [-0.39, 0.29) is 4.90 Å². The third-order valence-electron chi connectivity index (χ3n) is 3.34. The summed E-state index contributed by atoms with van der Waals surface area (Å²) in [5.74, 6) is -0.416. The highest BCUT2D eigenvalue weighted by Crippen LogP contribution is 2.16. The number of carbonyl (C=O) groups is 1. The number of carbonyl (C=O) groups excluding carboxylic acids is 1. The predicted molar refractivity (Wildman–Crippen MR) is 98.5 cm³/mol. The fourth-order valence-electron chi connectivity index (χ4n) is 2.27. The number of hydrogen-bond donors (Lipinski definition) is 2. The maximum Gasteiger partial charge on any atom is 0.242 e. The summed E-state index contributed by atoms with van der Waals surface area (Å²) in [7, 11) is -3.76. The van der Waals surface area contributed by atoms with Crippen molar-refractivity contribution in [2.75, 3.05) is 5.32 Å². The molecule has 0 unspecified atom stereocenters. The standard InChI is InChI=1S/C17H19BrN2O3S/c1-11-8-12(2)10-15(9-11)19-17(21)13(3)20-24(22,23)16-6-4-14(18)5-7-16/h4-10,13,20H,1-3H3,(H,19,21)/t13-/m1/s1. The number of anilines is 1. The molecule has 0 radical (unpaired) electrons. The van der Waals surface area contributed by atoms with Crippen molar-refractivity contribution < 1.29 is 13.2 Å². The molecular formula is C17H19BrN2O3S. The van der Waals surface area contributed by atoms with Gasteiger partial charge in [0.05, 0.1) is 10.9 Å². The van der Waals surface area contributed by atoms with Crippen LogP contribution in [0.3, 0.4) is 0 Å². The monoisotopic (exact) mass is 410 g/mol. The molecule has 0 aliphatic rings. The van der Waals surface area contributed by atoms with E-state index in [0.717, 1.165) is 15.6 Å². The van der Waals surface area contributed by atoms with Crippen LogP contribution in [0.1, 0.15) is 18.1 Å². The zero-order chi connectivity index (χ0) is 17.9. The van der Waals surface area contributed by atoms with Gasteiger partial charge in [-0.15, -0.1) is 0 Å². The molecule has 2 rings (SSSR count). The molecule has 24 heavy (non-hydrogen) atoms. The Balaban J connectivity index is 2.09. The fourth-order valence-corrected chi connectivity index (χ4v) is 3.73. The molecular weight excluding hydrogens is 392 g/mol. The maximum atomic E-state index is 12.3. The summed E-state index contributed by atoms with van der Waals surface area (Å²) >= 11 is 3.26. The van der Waals surface area contributed by atoms with Crippen LogP contribution in [0, 0.1) is 13.8 Å². The SMILES string of the molecule is Cc1cc(C)cc(NC(=O)[C@@H](C)NS(=O)(=O)c2ccc(Br)cc2)c1. The van der Waals surface area contributed by atoms with Crippen LogP contribution in [0.5, 0.6) is 0 Å². The molecule has 0 heterocycles. The summed E-state index contributed by atoms with van der Waals surface area (Å²) in [5.41, 5.74) is 2.69. The summed E-state index contributed by atoms with van der Waals surface area (Å²) in [6.45, 7) is 5.37. The van der Waals surface area contributed by atoms with Crippen LogP contribution >= 0.6 is 15.9 Å². The van der Waals surface area contributed by atoms with E-state index in [9.17, 15) is 13.2 Å². The van der Waals surface area contributed by atoms with E-state index in [2.05, 4.69) is 26.0 Å². The van der Waals surface area contributed by atoms with Gasteiger partial charge >= 0.3 is 0 Å². The van der Waals surface area contributed by atoms with Crippen molar-refractivity contribution in [3.05, 3.63) is 58.1 Å². The molecule has 0 saturated heterocycles. The molecule has 0 aromatic heterocycles. The Labute approximate surface area is 150 Å². The summed E-state index contributed by atoms with van der Waals surface area (Å²) in [6, 6.07) is 11.0. The van der Waals surface area contributed by atoms with Crippen molar-refractivity contribution in [2.45, 2.75) is 31.7 Å². The summed E-state index contributed by atoms with van der Waals surface area (Å²) in [4.78, 5) is 12.4. The van der Waals surface area contributed by atoms with Crippen molar-refractivity contribution >= 4 is 37.5 Å². The highest BCUT2D eigenvalue weighted by Gasteiger charge is 2.22. The Morgan fingerprint density at radius 3 is 2.12 bits per heavy atom. The van der Waals surface area contributed by atoms with Gasteiger partial charge in [0, 0.05) is 10.2 Å². The molecule has 0 bridgehead atoms. The Bertz CT molecular complexity index is 828. The lowest BCUT2D eigenvalue weighted by Crippen LogP contribution is -2.41. The maximum absolute atomic E-state index is 12.3. The molecule has 0 spiro atoms. The summed E-state index contributed by atoms with van der Waals surface area (Å²) < 4.78 is 27.8. The lowest BCUT2D eigenvalue weighted by molar-refractivity contribution is -0.117. The van der Waals surface area contributed by atoms with E-state index in [0.29, 0.717) is 5.69 Å². The van der Waals surface area contributed by atoms with Gasteiger partial charge in [-0.3, -0.25) is 4.79 Å². The molecule has 0 aliphatic heterocycles. The highest BCUT2D eigenvalue weighted by molar-refractivity contribution is 9.10. The van der Waals surface area contributed by atoms with Gasteiger partial charge < -0.3 is 5.32 Å². The van der Waals surface area contributed by atoms with Gasteiger partial charge in [-0.2, -0.15) is 4.72 Å². The first kappa shape index (κ1) is 18.6. The zero-order valence-corrected chi connectivity index (χ0v) is 16.0. The third-order valence-corrected chi connectivity index (χ3v) is 5.42. The molecule has 7 heteroatoms. The van der Waals surface area contributed by atoms with Gasteiger partial charge in [0.25, 0.3) is 0 Å².